The summed E-state index contributed by atoms with van der Waals surface area (Å²) in [4.78, 5) is 19.2. The smallest absolute Gasteiger partial charge is 0.227 e. The highest BCUT2D eigenvalue weighted by Crippen LogP contribution is 2.36. The quantitative estimate of drug-likeness (QED) is 0.740. The van der Waals surface area contributed by atoms with Gasteiger partial charge >= 0.3 is 0 Å². The van der Waals surface area contributed by atoms with Crippen molar-refractivity contribution >= 4 is 5.91 Å². The van der Waals surface area contributed by atoms with Crippen molar-refractivity contribution in [1.82, 2.24) is 20.1 Å². The van der Waals surface area contributed by atoms with Crippen LogP contribution in [0.15, 0.2) is 48.9 Å². The number of carbonyl (C=O) groups excluding carboxylic acids is 1. The van der Waals surface area contributed by atoms with E-state index in [2.05, 4.69) is 15.2 Å². The predicted molar refractivity (Wildman–Crippen MR) is 105 cm³/mol. The normalized spacial score (nSPS) is 16.9. The maximum atomic E-state index is 13.2. The van der Waals surface area contributed by atoms with Crippen molar-refractivity contribution < 1.29 is 9.18 Å². The molecule has 0 radical (unpaired) electrons. The second-order valence-electron chi connectivity index (χ2n) is 7.29. The first kappa shape index (κ1) is 18.3. The lowest BCUT2D eigenvalue weighted by atomic mass is 9.93. The maximum absolute atomic E-state index is 13.2. The van der Waals surface area contributed by atoms with Crippen molar-refractivity contribution in [2.45, 2.75) is 38.6 Å². The molecule has 4 rings (SSSR count). The standard InChI is InChI=1S/C22H23FN4O/c1-15-13-24-10-9-18(15)19-14-25-26-22(19)20-4-2-3-11-27(20)21(28)12-16-5-7-17(23)8-6-16/h5-10,13-14,20H,2-4,11-12H2,1H3,(H,25,26)/t20-/m1/s1. The average molecular weight is 378 g/mol. The number of pyridine rings is 1. The summed E-state index contributed by atoms with van der Waals surface area (Å²) in [5.74, 6) is -0.231. The number of carbonyl (C=O) groups is 1. The molecule has 1 amide bonds. The number of H-pyrrole nitrogens is 1. The highest BCUT2D eigenvalue weighted by molar-refractivity contribution is 5.80. The minimum absolute atomic E-state index is 0.0354. The third-order valence-corrected chi connectivity index (χ3v) is 5.40. The van der Waals surface area contributed by atoms with Crippen LogP contribution in [0, 0.1) is 12.7 Å². The van der Waals surface area contributed by atoms with Crippen molar-refractivity contribution in [2.24, 2.45) is 0 Å². The van der Waals surface area contributed by atoms with Gasteiger partial charge in [0.2, 0.25) is 5.91 Å². The summed E-state index contributed by atoms with van der Waals surface area (Å²) < 4.78 is 13.2. The Kier molecular flexibility index (Phi) is 5.19. The number of hydrogen-bond donors (Lipinski definition) is 1. The Morgan fingerprint density at radius 1 is 1.18 bits per heavy atom. The van der Waals surface area contributed by atoms with E-state index >= 15 is 0 Å². The monoisotopic (exact) mass is 378 g/mol. The van der Waals surface area contributed by atoms with Gasteiger partial charge in [0.15, 0.2) is 0 Å². The Labute approximate surface area is 163 Å². The van der Waals surface area contributed by atoms with Gasteiger partial charge in [-0.25, -0.2) is 4.39 Å². The zero-order chi connectivity index (χ0) is 19.5. The summed E-state index contributed by atoms with van der Waals surface area (Å²) in [5, 5.41) is 7.42. The van der Waals surface area contributed by atoms with Gasteiger partial charge in [-0.3, -0.25) is 14.9 Å². The van der Waals surface area contributed by atoms with E-state index < -0.39 is 0 Å². The zero-order valence-electron chi connectivity index (χ0n) is 15.9. The maximum Gasteiger partial charge on any atom is 0.227 e. The Morgan fingerprint density at radius 3 is 2.79 bits per heavy atom. The SMILES string of the molecule is Cc1cnccc1-c1cn[nH]c1[C@H]1CCCCN1C(=O)Cc1ccc(F)cc1. The van der Waals surface area contributed by atoms with Gasteiger partial charge in [-0.2, -0.15) is 5.10 Å². The third-order valence-electron chi connectivity index (χ3n) is 5.40. The molecule has 1 aromatic carbocycles. The van der Waals surface area contributed by atoms with Crippen LogP contribution in [0.1, 0.15) is 42.1 Å². The fourth-order valence-corrected chi connectivity index (χ4v) is 3.95. The van der Waals surface area contributed by atoms with E-state index in [0.717, 1.165) is 53.8 Å². The van der Waals surface area contributed by atoms with Crippen LogP contribution in [0.4, 0.5) is 4.39 Å². The number of benzene rings is 1. The van der Waals surface area contributed by atoms with Crippen LogP contribution in [0.2, 0.25) is 0 Å². The number of aromatic amines is 1. The van der Waals surface area contributed by atoms with E-state index in [9.17, 15) is 9.18 Å². The number of nitrogens with zero attached hydrogens (tertiary/aromatic N) is 3. The molecule has 0 saturated carbocycles. The van der Waals surface area contributed by atoms with Crippen LogP contribution in [0.25, 0.3) is 11.1 Å². The molecular weight excluding hydrogens is 355 g/mol. The Morgan fingerprint density at radius 2 is 2.00 bits per heavy atom. The molecule has 0 aliphatic carbocycles. The summed E-state index contributed by atoms with van der Waals surface area (Å²) in [7, 11) is 0. The minimum Gasteiger partial charge on any atom is -0.334 e. The molecule has 0 unspecified atom stereocenters. The predicted octanol–water partition coefficient (Wildman–Crippen LogP) is 4.22. The van der Waals surface area contributed by atoms with Crippen LogP contribution < -0.4 is 0 Å². The van der Waals surface area contributed by atoms with Crippen LogP contribution in [0.5, 0.6) is 0 Å². The van der Waals surface area contributed by atoms with Crippen LogP contribution >= 0.6 is 0 Å². The van der Waals surface area contributed by atoms with E-state index in [1.54, 1.807) is 18.3 Å². The van der Waals surface area contributed by atoms with Gasteiger partial charge in [-0.05, 0) is 61.1 Å². The summed E-state index contributed by atoms with van der Waals surface area (Å²) in [6.07, 6.45) is 8.67. The summed E-state index contributed by atoms with van der Waals surface area (Å²) >= 11 is 0. The van der Waals surface area contributed by atoms with Crippen molar-refractivity contribution in [1.29, 1.82) is 0 Å². The molecule has 1 N–H and O–H groups in total. The second kappa shape index (κ2) is 7.92. The first-order chi connectivity index (χ1) is 13.6. The first-order valence-corrected chi connectivity index (χ1v) is 9.61. The summed E-state index contributed by atoms with van der Waals surface area (Å²) in [6, 6.07) is 8.09. The lowest BCUT2D eigenvalue weighted by Gasteiger charge is -2.36. The number of halogens is 1. The van der Waals surface area contributed by atoms with Gasteiger partial charge in [-0.15, -0.1) is 0 Å². The molecule has 0 bridgehead atoms. The van der Waals surface area contributed by atoms with Gasteiger partial charge in [0.25, 0.3) is 0 Å². The number of nitrogens with one attached hydrogen (secondary N) is 1. The molecule has 144 valence electrons. The summed E-state index contributed by atoms with van der Waals surface area (Å²) in [6.45, 7) is 2.75. The minimum atomic E-state index is -0.290. The number of amides is 1. The number of aromatic nitrogens is 3. The molecule has 1 aliphatic rings. The zero-order valence-corrected chi connectivity index (χ0v) is 15.9. The molecule has 3 heterocycles. The lowest BCUT2D eigenvalue weighted by Crippen LogP contribution is -2.39. The Bertz CT molecular complexity index is 967. The van der Waals surface area contributed by atoms with E-state index in [4.69, 9.17) is 0 Å². The lowest BCUT2D eigenvalue weighted by molar-refractivity contribution is -0.134. The molecule has 0 spiro atoms. The molecule has 6 heteroatoms. The molecular formula is C22H23FN4O. The van der Waals surface area contributed by atoms with Crippen LogP contribution in [-0.4, -0.2) is 32.5 Å². The largest absolute Gasteiger partial charge is 0.334 e. The highest BCUT2D eigenvalue weighted by Gasteiger charge is 2.31. The van der Waals surface area contributed by atoms with E-state index in [1.807, 2.05) is 30.3 Å². The van der Waals surface area contributed by atoms with Crippen molar-refractivity contribution in [3.05, 3.63) is 71.6 Å². The summed E-state index contributed by atoms with van der Waals surface area (Å²) in [5.41, 5.74) is 4.97. The van der Waals surface area contributed by atoms with Crippen molar-refractivity contribution in [3.63, 3.8) is 0 Å². The molecule has 5 nitrogen and oxygen atoms in total. The number of piperidine rings is 1. The molecule has 2 aromatic heterocycles. The molecule has 1 atom stereocenters. The van der Waals surface area contributed by atoms with Gasteiger partial charge in [0.1, 0.15) is 5.82 Å². The van der Waals surface area contributed by atoms with E-state index in [-0.39, 0.29) is 24.2 Å². The van der Waals surface area contributed by atoms with Crippen LogP contribution in [0.3, 0.4) is 0 Å². The fourth-order valence-electron chi connectivity index (χ4n) is 3.95. The van der Waals surface area contributed by atoms with E-state index in [0.29, 0.717) is 0 Å². The topological polar surface area (TPSA) is 61.9 Å². The van der Waals surface area contributed by atoms with Gasteiger partial charge in [-0.1, -0.05) is 12.1 Å². The molecule has 28 heavy (non-hydrogen) atoms. The van der Waals surface area contributed by atoms with Crippen molar-refractivity contribution in [2.75, 3.05) is 6.54 Å². The van der Waals surface area contributed by atoms with E-state index in [1.165, 1.54) is 12.1 Å². The van der Waals surface area contributed by atoms with Gasteiger partial charge in [0.05, 0.1) is 24.4 Å². The molecule has 1 saturated heterocycles. The fraction of sp³-hybridized carbons (Fsp3) is 0.318. The average Bonchev–Trinajstić information content (AvgIpc) is 3.19. The highest BCUT2D eigenvalue weighted by atomic mass is 19.1. The molecule has 1 aliphatic heterocycles. The number of aryl methyl sites for hydroxylation is 1. The Hall–Kier alpha value is -3.02. The number of hydrogen-bond acceptors (Lipinski definition) is 3. The molecule has 1 fully saturated rings. The van der Waals surface area contributed by atoms with Gasteiger partial charge in [0, 0.05) is 24.5 Å². The number of rotatable bonds is 4. The molecule has 3 aromatic rings. The first-order valence-electron chi connectivity index (χ1n) is 9.61. The Balaban J connectivity index is 1.61. The number of likely N-dealkylation sites (tertiary alicyclic amines) is 1. The third kappa shape index (κ3) is 3.67. The van der Waals surface area contributed by atoms with Crippen LogP contribution in [-0.2, 0) is 11.2 Å². The van der Waals surface area contributed by atoms with Crippen molar-refractivity contribution in [3.8, 4) is 11.1 Å². The van der Waals surface area contributed by atoms with Gasteiger partial charge < -0.3 is 4.90 Å². The second-order valence-corrected chi connectivity index (χ2v) is 7.29.